The Morgan fingerprint density at radius 1 is 1.53 bits per heavy atom. The molecule has 0 amide bonds. The van der Waals surface area contributed by atoms with Gasteiger partial charge in [-0.2, -0.15) is 0 Å². The molecule has 4 heteroatoms. The van der Waals surface area contributed by atoms with Crippen molar-refractivity contribution in [2.45, 2.75) is 39.3 Å². The first-order valence-corrected chi connectivity index (χ1v) is 6.81. The van der Waals surface area contributed by atoms with Crippen LogP contribution in [-0.2, 0) is 4.74 Å². The number of hydrogen-bond donors (Lipinski definition) is 1. The first-order chi connectivity index (χ1) is 9.02. The Labute approximate surface area is 114 Å². The number of nitrogen functional groups attached to an aromatic ring is 1. The molecule has 0 spiro atoms. The number of anilines is 2. The summed E-state index contributed by atoms with van der Waals surface area (Å²) in [4.78, 5) is 13.9. The van der Waals surface area contributed by atoms with Crippen LogP contribution in [0.3, 0.4) is 0 Å². The molecule has 0 radical (unpaired) electrons. The molecule has 0 aromatic heterocycles. The third-order valence-corrected chi connectivity index (χ3v) is 3.69. The number of hydrogen-bond acceptors (Lipinski definition) is 4. The predicted octanol–water partition coefficient (Wildman–Crippen LogP) is 2.48. The van der Waals surface area contributed by atoms with Gasteiger partial charge in [0.1, 0.15) is 0 Å². The number of nitrogens with two attached hydrogens (primary N) is 1. The number of morpholine rings is 1. The Morgan fingerprint density at radius 2 is 2.26 bits per heavy atom. The molecule has 1 saturated heterocycles. The zero-order chi connectivity index (χ0) is 14.0. The van der Waals surface area contributed by atoms with Crippen molar-refractivity contribution in [1.29, 1.82) is 0 Å². The Bertz CT molecular complexity index is 473. The number of Topliss-reactive ketones (excluding diaryl/α,β-unsaturated/α-hetero) is 1. The van der Waals surface area contributed by atoms with Crippen LogP contribution in [0.15, 0.2) is 18.2 Å². The number of ketones is 1. The van der Waals surface area contributed by atoms with Gasteiger partial charge in [0.25, 0.3) is 0 Å². The summed E-state index contributed by atoms with van der Waals surface area (Å²) in [7, 11) is 0. The Kier molecular flexibility index (Phi) is 4.10. The molecule has 1 aliphatic rings. The van der Waals surface area contributed by atoms with E-state index in [1.165, 1.54) is 0 Å². The second kappa shape index (κ2) is 5.61. The smallest absolute Gasteiger partial charge is 0.161 e. The average Bonchev–Trinajstić information content (AvgIpc) is 2.39. The fourth-order valence-electron chi connectivity index (χ4n) is 2.53. The first-order valence-electron chi connectivity index (χ1n) is 6.81. The van der Waals surface area contributed by atoms with E-state index in [0.717, 1.165) is 25.3 Å². The number of nitrogens with zero attached hydrogens (tertiary/aromatic N) is 1. The van der Waals surface area contributed by atoms with Gasteiger partial charge in [-0.25, -0.2) is 0 Å². The molecule has 2 rings (SSSR count). The lowest BCUT2D eigenvalue weighted by Crippen LogP contribution is -2.48. The van der Waals surface area contributed by atoms with Gasteiger partial charge in [0, 0.05) is 23.5 Å². The van der Waals surface area contributed by atoms with Gasteiger partial charge in [-0.3, -0.25) is 4.79 Å². The number of carbonyl (C=O) groups excluding carboxylic acids is 1. The Balaban J connectivity index is 2.33. The lowest BCUT2D eigenvalue weighted by atomic mass is 10.0. The first kappa shape index (κ1) is 13.9. The predicted molar refractivity (Wildman–Crippen MR) is 77.7 cm³/mol. The summed E-state index contributed by atoms with van der Waals surface area (Å²) in [6, 6.07) is 6.07. The van der Waals surface area contributed by atoms with Crippen molar-refractivity contribution in [2.24, 2.45) is 0 Å². The summed E-state index contributed by atoms with van der Waals surface area (Å²) in [6.45, 7) is 7.36. The van der Waals surface area contributed by atoms with Crippen LogP contribution in [0.25, 0.3) is 0 Å². The third kappa shape index (κ3) is 2.89. The van der Waals surface area contributed by atoms with Crippen LogP contribution in [0.1, 0.15) is 37.6 Å². The molecule has 0 saturated carbocycles. The van der Waals surface area contributed by atoms with E-state index in [2.05, 4.69) is 18.7 Å². The van der Waals surface area contributed by atoms with Crippen molar-refractivity contribution >= 4 is 17.2 Å². The highest BCUT2D eigenvalue weighted by molar-refractivity contribution is 6.00. The van der Waals surface area contributed by atoms with E-state index in [1.807, 2.05) is 18.2 Å². The molecule has 104 valence electrons. The largest absolute Gasteiger partial charge is 0.398 e. The molecule has 19 heavy (non-hydrogen) atoms. The maximum absolute atomic E-state index is 11.6. The summed E-state index contributed by atoms with van der Waals surface area (Å²) in [5.74, 6) is 0.00806. The van der Waals surface area contributed by atoms with Crippen LogP contribution in [0, 0.1) is 0 Å². The molecule has 4 nitrogen and oxygen atoms in total. The van der Waals surface area contributed by atoms with E-state index < -0.39 is 0 Å². The van der Waals surface area contributed by atoms with Crippen LogP contribution < -0.4 is 10.6 Å². The molecular weight excluding hydrogens is 240 g/mol. The summed E-state index contributed by atoms with van der Waals surface area (Å²) < 4.78 is 5.70. The zero-order valence-electron chi connectivity index (χ0n) is 11.8. The van der Waals surface area contributed by atoms with E-state index in [4.69, 9.17) is 10.5 Å². The van der Waals surface area contributed by atoms with Gasteiger partial charge in [0.15, 0.2) is 5.78 Å². The molecule has 1 aromatic carbocycles. The summed E-state index contributed by atoms with van der Waals surface area (Å²) in [5, 5.41) is 0. The van der Waals surface area contributed by atoms with Crippen molar-refractivity contribution in [3.8, 4) is 0 Å². The van der Waals surface area contributed by atoms with Crippen LogP contribution >= 0.6 is 0 Å². The minimum absolute atomic E-state index is 0.00806. The summed E-state index contributed by atoms with van der Waals surface area (Å²) >= 11 is 0. The van der Waals surface area contributed by atoms with Crippen LogP contribution in [0.2, 0.25) is 0 Å². The maximum Gasteiger partial charge on any atom is 0.161 e. The van der Waals surface area contributed by atoms with E-state index in [-0.39, 0.29) is 11.9 Å². The van der Waals surface area contributed by atoms with E-state index in [9.17, 15) is 4.79 Å². The molecule has 0 bridgehead atoms. The normalized spacial score (nSPS) is 23.4. The van der Waals surface area contributed by atoms with Gasteiger partial charge in [-0.15, -0.1) is 0 Å². The topological polar surface area (TPSA) is 55.6 Å². The molecular formula is C15H22N2O2. The van der Waals surface area contributed by atoms with Crippen molar-refractivity contribution in [3.05, 3.63) is 23.8 Å². The highest BCUT2D eigenvalue weighted by Gasteiger charge is 2.26. The molecule has 2 N–H and O–H groups in total. The molecule has 1 fully saturated rings. The minimum Gasteiger partial charge on any atom is -0.398 e. The van der Waals surface area contributed by atoms with Gasteiger partial charge in [0.05, 0.1) is 18.8 Å². The number of rotatable bonds is 3. The standard InChI is InChI=1S/C15H22N2O2/c1-4-12-9-19-10(2)8-17(12)13-5-6-15(16)14(7-13)11(3)18/h5-7,10,12H,4,8-9,16H2,1-3H3. The quantitative estimate of drug-likeness (QED) is 0.671. The molecule has 2 atom stereocenters. The molecule has 2 unspecified atom stereocenters. The van der Waals surface area contributed by atoms with Gasteiger partial charge in [-0.1, -0.05) is 6.92 Å². The molecule has 1 heterocycles. The average molecular weight is 262 g/mol. The lowest BCUT2D eigenvalue weighted by Gasteiger charge is -2.40. The molecule has 0 aliphatic carbocycles. The zero-order valence-corrected chi connectivity index (χ0v) is 11.8. The number of benzene rings is 1. The van der Waals surface area contributed by atoms with Crippen LogP contribution in [0.4, 0.5) is 11.4 Å². The van der Waals surface area contributed by atoms with E-state index >= 15 is 0 Å². The third-order valence-electron chi connectivity index (χ3n) is 3.69. The summed E-state index contributed by atoms with van der Waals surface area (Å²) in [6.07, 6.45) is 1.23. The SMILES string of the molecule is CCC1COC(C)CN1c1ccc(N)c(C(C)=O)c1. The van der Waals surface area contributed by atoms with Crippen molar-refractivity contribution in [2.75, 3.05) is 23.8 Å². The van der Waals surface area contributed by atoms with E-state index in [0.29, 0.717) is 17.3 Å². The number of ether oxygens (including phenoxy) is 1. The Hall–Kier alpha value is -1.55. The highest BCUT2D eigenvalue weighted by Crippen LogP contribution is 2.27. The summed E-state index contributed by atoms with van der Waals surface area (Å²) in [5.41, 5.74) is 8.06. The van der Waals surface area contributed by atoms with Gasteiger partial charge >= 0.3 is 0 Å². The minimum atomic E-state index is 0.00806. The fraction of sp³-hybridized carbons (Fsp3) is 0.533. The highest BCUT2D eigenvalue weighted by atomic mass is 16.5. The van der Waals surface area contributed by atoms with Gasteiger partial charge < -0.3 is 15.4 Å². The second-order valence-corrected chi connectivity index (χ2v) is 5.19. The van der Waals surface area contributed by atoms with Crippen LogP contribution in [0.5, 0.6) is 0 Å². The number of carbonyl (C=O) groups is 1. The maximum atomic E-state index is 11.6. The fourth-order valence-corrected chi connectivity index (χ4v) is 2.53. The lowest BCUT2D eigenvalue weighted by molar-refractivity contribution is 0.0299. The van der Waals surface area contributed by atoms with Gasteiger partial charge in [-0.05, 0) is 38.5 Å². The van der Waals surface area contributed by atoms with E-state index in [1.54, 1.807) is 6.92 Å². The van der Waals surface area contributed by atoms with Crippen molar-refractivity contribution in [1.82, 2.24) is 0 Å². The van der Waals surface area contributed by atoms with Crippen LogP contribution in [-0.4, -0.2) is 31.1 Å². The second-order valence-electron chi connectivity index (χ2n) is 5.19. The molecule has 1 aliphatic heterocycles. The van der Waals surface area contributed by atoms with Crippen molar-refractivity contribution < 1.29 is 9.53 Å². The monoisotopic (exact) mass is 262 g/mol. The Morgan fingerprint density at radius 3 is 2.89 bits per heavy atom. The van der Waals surface area contributed by atoms with Crippen molar-refractivity contribution in [3.63, 3.8) is 0 Å². The molecule has 1 aromatic rings. The van der Waals surface area contributed by atoms with Gasteiger partial charge in [0.2, 0.25) is 0 Å².